The SMILES string of the molecule is c1cncc(OCCC2CCOC23CCN(Cc2ccoc2)CC3)c1. The average Bonchev–Trinajstić information content (AvgIpc) is 3.29. The number of pyridine rings is 1. The summed E-state index contributed by atoms with van der Waals surface area (Å²) >= 11 is 0. The van der Waals surface area contributed by atoms with Gasteiger partial charge < -0.3 is 13.9 Å². The third-order valence-electron chi connectivity index (χ3n) is 5.66. The number of rotatable bonds is 6. The molecule has 1 spiro atoms. The van der Waals surface area contributed by atoms with Crippen LogP contribution in [0.3, 0.4) is 0 Å². The van der Waals surface area contributed by atoms with Gasteiger partial charge in [0.2, 0.25) is 0 Å². The van der Waals surface area contributed by atoms with Crippen LogP contribution in [-0.2, 0) is 11.3 Å². The lowest BCUT2D eigenvalue weighted by Gasteiger charge is -2.42. The van der Waals surface area contributed by atoms with Crippen LogP contribution in [0.1, 0.15) is 31.2 Å². The Morgan fingerprint density at radius 1 is 1.28 bits per heavy atom. The summed E-state index contributed by atoms with van der Waals surface area (Å²) in [5, 5.41) is 0. The van der Waals surface area contributed by atoms with Crippen molar-refractivity contribution in [2.75, 3.05) is 26.3 Å². The Morgan fingerprint density at radius 3 is 2.96 bits per heavy atom. The number of hydrogen-bond acceptors (Lipinski definition) is 5. The van der Waals surface area contributed by atoms with Gasteiger partial charge in [0.25, 0.3) is 0 Å². The summed E-state index contributed by atoms with van der Waals surface area (Å²) in [7, 11) is 0. The minimum atomic E-state index is 0.0607. The molecule has 0 aliphatic carbocycles. The Hall–Kier alpha value is -1.85. The number of nitrogens with zero attached hydrogens (tertiary/aromatic N) is 2. The molecule has 4 rings (SSSR count). The molecule has 4 heterocycles. The summed E-state index contributed by atoms with van der Waals surface area (Å²) in [5.41, 5.74) is 1.32. The standard InChI is InChI=1S/C20H26N2O3/c1-2-19(14-21-8-1)24-12-4-18-5-13-25-20(18)6-9-22(10-7-20)15-17-3-11-23-16-17/h1-3,8,11,14,16,18H,4-7,9-10,12-13,15H2. The van der Waals surface area contributed by atoms with E-state index in [2.05, 4.69) is 16.0 Å². The highest BCUT2D eigenvalue weighted by atomic mass is 16.5. The van der Waals surface area contributed by atoms with Crippen molar-refractivity contribution in [2.24, 2.45) is 5.92 Å². The number of aromatic nitrogens is 1. The second-order valence-electron chi connectivity index (χ2n) is 7.13. The zero-order valence-electron chi connectivity index (χ0n) is 14.6. The van der Waals surface area contributed by atoms with Crippen molar-refractivity contribution in [3.8, 4) is 5.75 Å². The van der Waals surface area contributed by atoms with Crippen molar-refractivity contribution in [1.29, 1.82) is 0 Å². The quantitative estimate of drug-likeness (QED) is 0.804. The van der Waals surface area contributed by atoms with Gasteiger partial charge in [0.1, 0.15) is 5.75 Å². The maximum Gasteiger partial charge on any atom is 0.137 e. The van der Waals surface area contributed by atoms with Gasteiger partial charge in [-0.1, -0.05) is 0 Å². The molecule has 134 valence electrons. The maximum atomic E-state index is 6.27. The fourth-order valence-electron chi connectivity index (χ4n) is 4.23. The molecule has 0 amide bonds. The smallest absolute Gasteiger partial charge is 0.137 e. The Labute approximate surface area is 148 Å². The predicted octanol–water partition coefficient (Wildman–Crippen LogP) is 3.51. The number of furan rings is 1. The summed E-state index contributed by atoms with van der Waals surface area (Å²) in [5.74, 6) is 1.45. The second-order valence-corrected chi connectivity index (χ2v) is 7.13. The normalized spacial score (nSPS) is 23.1. The first kappa shape index (κ1) is 16.6. The molecule has 2 aliphatic heterocycles. The van der Waals surface area contributed by atoms with Crippen molar-refractivity contribution in [3.05, 3.63) is 48.7 Å². The lowest BCUT2D eigenvalue weighted by Crippen LogP contribution is -2.47. The van der Waals surface area contributed by atoms with Gasteiger partial charge in [0, 0.05) is 38.0 Å². The van der Waals surface area contributed by atoms with Gasteiger partial charge in [-0.2, -0.15) is 0 Å². The van der Waals surface area contributed by atoms with E-state index in [1.54, 1.807) is 18.7 Å². The van der Waals surface area contributed by atoms with E-state index in [0.29, 0.717) is 5.92 Å². The molecule has 2 aromatic rings. The zero-order chi connectivity index (χ0) is 17.0. The van der Waals surface area contributed by atoms with Crippen molar-refractivity contribution >= 4 is 0 Å². The van der Waals surface area contributed by atoms with Crippen molar-refractivity contribution in [1.82, 2.24) is 9.88 Å². The lowest BCUT2D eigenvalue weighted by molar-refractivity contribution is -0.0708. The first-order chi connectivity index (χ1) is 12.3. The first-order valence-electron chi connectivity index (χ1n) is 9.24. The van der Waals surface area contributed by atoms with Crippen molar-refractivity contribution in [2.45, 2.75) is 37.8 Å². The Bertz CT molecular complexity index is 636. The van der Waals surface area contributed by atoms with E-state index in [9.17, 15) is 0 Å². The topological polar surface area (TPSA) is 47.7 Å². The molecule has 0 N–H and O–H groups in total. The molecule has 0 saturated carbocycles. The molecule has 5 nitrogen and oxygen atoms in total. The van der Waals surface area contributed by atoms with Crippen LogP contribution in [0.15, 0.2) is 47.5 Å². The molecular formula is C20H26N2O3. The minimum Gasteiger partial charge on any atom is -0.492 e. The molecule has 0 radical (unpaired) electrons. The summed E-state index contributed by atoms with van der Waals surface area (Å²) in [6.45, 7) is 4.77. The molecule has 0 bridgehead atoms. The predicted molar refractivity (Wildman–Crippen MR) is 94.4 cm³/mol. The van der Waals surface area contributed by atoms with E-state index in [4.69, 9.17) is 13.9 Å². The highest BCUT2D eigenvalue weighted by molar-refractivity contribution is 5.15. The maximum absolute atomic E-state index is 6.27. The summed E-state index contributed by atoms with van der Waals surface area (Å²) < 4.78 is 17.3. The van der Waals surface area contributed by atoms with Crippen LogP contribution in [0.4, 0.5) is 0 Å². The third-order valence-corrected chi connectivity index (χ3v) is 5.66. The number of hydrogen-bond donors (Lipinski definition) is 0. The lowest BCUT2D eigenvalue weighted by atomic mass is 9.78. The molecule has 25 heavy (non-hydrogen) atoms. The van der Waals surface area contributed by atoms with Crippen LogP contribution in [-0.4, -0.2) is 41.8 Å². The van der Waals surface area contributed by atoms with Crippen LogP contribution >= 0.6 is 0 Å². The van der Waals surface area contributed by atoms with Crippen molar-refractivity contribution in [3.63, 3.8) is 0 Å². The number of piperidine rings is 1. The van der Waals surface area contributed by atoms with E-state index in [0.717, 1.165) is 64.3 Å². The number of ether oxygens (including phenoxy) is 2. The molecule has 1 unspecified atom stereocenters. The Kier molecular flexibility index (Phi) is 5.04. The van der Waals surface area contributed by atoms with Gasteiger partial charge in [0.15, 0.2) is 0 Å². The highest BCUT2D eigenvalue weighted by Crippen LogP contribution is 2.42. The molecule has 2 aliphatic rings. The monoisotopic (exact) mass is 342 g/mol. The fraction of sp³-hybridized carbons (Fsp3) is 0.550. The molecule has 1 atom stereocenters. The first-order valence-corrected chi connectivity index (χ1v) is 9.24. The fourth-order valence-corrected chi connectivity index (χ4v) is 4.23. The van der Waals surface area contributed by atoms with Crippen LogP contribution in [0, 0.1) is 5.92 Å². The molecule has 5 heteroatoms. The summed E-state index contributed by atoms with van der Waals surface area (Å²) in [6.07, 6.45) is 11.6. The van der Waals surface area contributed by atoms with Gasteiger partial charge in [-0.25, -0.2) is 0 Å². The molecule has 2 aromatic heterocycles. The molecule has 2 saturated heterocycles. The zero-order valence-corrected chi connectivity index (χ0v) is 14.6. The molecular weight excluding hydrogens is 316 g/mol. The van der Waals surface area contributed by atoms with Crippen LogP contribution in [0.5, 0.6) is 5.75 Å². The van der Waals surface area contributed by atoms with Gasteiger partial charge >= 0.3 is 0 Å². The van der Waals surface area contributed by atoms with E-state index < -0.39 is 0 Å². The largest absolute Gasteiger partial charge is 0.492 e. The van der Waals surface area contributed by atoms with Gasteiger partial charge in [0.05, 0.1) is 30.9 Å². The second kappa shape index (κ2) is 7.58. The van der Waals surface area contributed by atoms with Gasteiger partial charge in [-0.05, 0) is 49.8 Å². The summed E-state index contributed by atoms with van der Waals surface area (Å²) in [6, 6.07) is 5.92. The molecule has 0 aromatic carbocycles. The Morgan fingerprint density at radius 2 is 2.20 bits per heavy atom. The molecule has 2 fully saturated rings. The van der Waals surface area contributed by atoms with Crippen LogP contribution in [0.25, 0.3) is 0 Å². The number of likely N-dealkylation sites (tertiary alicyclic amines) is 1. The average molecular weight is 342 g/mol. The van der Waals surface area contributed by atoms with Gasteiger partial charge in [-0.15, -0.1) is 0 Å². The Balaban J connectivity index is 1.27. The highest BCUT2D eigenvalue weighted by Gasteiger charge is 2.45. The van der Waals surface area contributed by atoms with Crippen LogP contribution in [0.2, 0.25) is 0 Å². The van der Waals surface area contributed by atoms with Crippen molar-refractivity contribution < 1.29 is 13.9 Å². The van der Waals surface area contributed by atoms with E-state index in [1.807, 2.05) is 18.4 Å². The van der Waals surface area contributed by atoms with Gasteiger partial charge in [-0.3, -0.25) is 9.88 Å². The van der Waals surface area contributed by atoms with E-state index in [1.165, 1.54) is 5.56 Å². The minimum absolute atomic E-state index is 0.0607. The third kappa shape index (κ3) is 3.88. The van der Waals surface area contributed by atoms with E-state index in [-0.39, 0.29) is 5.60 Å². The van der Waals surface area contributed by atoms with Crippen LogP contribution < -0.4 is 4.74 Å². The summed E-state index contributed by atoms with van der Waals surface area (Å²) in [4.78, 5) is 6.60. The van der Waals surface area contributed by atoms with E-state index >= 15 is 0 Å².